The van der Waals surface area contributed by atoms with Gasteiger partial charge in [0.2, 0.25) is 0 Å². The third-order valence-electron chi connectivity index (χ3n) is 3.12. The molecule has 0 heterocycles. The van der Waals surface area contributed by atoms with Crippen LogP contribution in [0.3, 0.4) is 0 Å². The molecule has 1 rings (SSSR count). The van der Waals surface area contributed by atoms with Crippen molar-refractivity contribution in [1.82, 2.24) is 21.5 Å². The average Bonchev–Trinajstić information content (AvgIpc) is 2.36. The highest BCUT2D eigenvalue weighted by molar-refractivity contribution is 7.80. The van der Waals surface area contributed by atoms with Crippen molar-refractivity contribution in [2.24, 2.45) is 5.92 Å². The fourth-order valence-electron chi connectivity index (χ4n) is 2.06. The smallest absolute Gasteiger partial charge is 0.185 e. The zero-order valence-corrected chi connectivity index (χ0v) is 12.4. The molecule has 1 saturated carbocycles. The van der Waals surface area contributed by atoms with Crippen LogP contribution < -0.4 is 21.5 Å². The second-order valence-corrected chi connectivity index (χ2v) is 5.41. The van der Waals surface area contributed by atoms with Gasteiger partial charge in [-0.1, -0.05) is 25.8 Å². The van der Waals surface area contributed by atoms with Crippen molar-refractivity contribution in [2.45, 2.75) is 38.6 Å². The highest BCUT2D eigenvalue weighted by Gasteiger charge is 2.21. The summed E-state index contributed by atoms with van der Waals surface area (Å²) in [6.07, 6.45) is 6.80. The molecular formula is C12H22N4S2. The van der Waals surface area contributed by atoms with E-state index in [4.69, 9.17) is 24.4 Å². The summed E-state index contributed by atoms with van der Waals surface area (Å²) in [7, 11) is 0. The molecular weight excluding hydrogens is 264 g/mol. The third-order valence-corrected chi connectivity index (χ3v) is 3.59. The van der Waals surface area contributed by atoms with Crippen molar-refractivity contribution in [2.75, 3.05) is 6.54 Å². The zero-order chi connectivity index (χ0) is 13.4. The predicted octanol–water partition coefficient (Wildman–Crippen LogP) is 1.59. The van der Waals surface area contributed by atoms with Crippen LogP contribution in [0.25, 0.3) is 0 Å². The van der Waals surface area contributed by atoms with Crippen molar-refractivity contribution in [3.63, 3.8) is 0 Å². The lowest BCUT2D eigenvalue weighted by molar-refractivity contribution is 0.308. The fraction of sp³-hybridized carbons (Fsp3) is 0.667. The average molecular weight is 286 g/mol. The minimum atomic E-state index is 0.468. The van der Waals surface area contributed by atoms with E-state index in [2.05, 4.69) is 35.0 Å². The molecule has 0 radical (unpaired) electrons. The highest BCUT2D eigenvalue weighted by Crippen LogP contribution is 2.23. The number of rotatable bonds is 3. The molecule has 102 valence electrons. The van der Waals surface area contributed by atoms with E-state index in [1.165, 1.54) is 25.7 Å². The van der Waals surface area contributed by atoms with Gasteiger partial charge in [-0.15, -0.1) is 6.58 Å². The van der Waals surface area contributed by atoms with Crippen LogP contribution in [0.2, 0.25) is 0 Å². The van der Waals surface area contributed by atoms with Gasteiger partial charge in [-0.05, 0) is 43.2 Å². The van der Waals surface area contributed by atoms with Crippen LogP contribution in [-0.4, -0.2) is 22.8 Å². The number of hydrogen-bond donors (Lipinski definition) is 4. The summed E-state index contributed by atoms with van der Waals surface area (Å²) < 4.78 is 0. The number of nitrogens with one attached hydrogen (secondary N) is 4. The zero-order valence-electron chi connectivity index (χ0n) is 10.8. The molecule has 0 amide bonds. The lowest BCUT2D eigenvalue weighted by Gasteiger charge is -2.30. The Balaban J connectivity index is 2.20. The summed E-state index contributed by atoms with van der Waals surface area (Å²) in [5, 5.41) is 7.39. The van der Waals surface area contributed by atoms with Gasteiger partial charge >= 0.3 is 0 Å². The summed E-state index contributed by atoms with van der Waals surface area (Å²) in [6, 6.07) is 0.468. The number of hydrazine groups is 1. The van der Waals surface area contributed by atoms with Crippen molar-refractivity contribution >= 4 is 34.7 Å². The Kier molecular flexibility index (Phi) is 6.97. The van der Waals surface area contributed by atoms with E-state index in [1.54, 1.807) is 6.08 Å². The first kappa shape index (κ1) is 15.2. The Morgan fingerprint density at radius 1 is 1.22 bits per heavy atom. The molecule has 0 saturated heterocycles. The molecule has 0 unspecified atom stereocenters. The Hall–Kier alpha value is -0.880. The summed E-state index contributed by atoms with van der Waals surface area (Å²) >= 11 is 10.3. The molecule has 0 aromatic carbocycles. The van der Waals surface area contributed by atoms with Crippen LogP contribution in [0, 0.1) is 5.92 Å². The summed E-state index contributed by atoms with van der Waals surface area (Å²) in [6.45, 7) is 6.50. The molecule has 1 aliphatic carbocycles. The van der Waals surface area contributed by atoms with Gasteiger partial charge in [0.1, 0.15) is 0 Å². The van der Waals surface area contributed by atoms with Crippen LogP contribution in [0.4, 0.5) is 0 Å². The van der Waals surface area contributed by atoms with Gasteiger partial charge in [-0.2, -0.15) is 0 Å². The second kappa shape index (κ2) is 8.26. The van der Waals surface area contributed by atoms with Crippen molar-refractivity contribution in [1.29, 1.82) is 0 Å². The van der Waals surface area contributed by atoms with Crippen molar-refractivity contribution in [3.8, 4) is 0 Å². The van der Waals surface area contributed by atoms with Crippen molar-refractivity contribution in [3.05, 3.63) is 12.7 Å². The molecule has 4 nitrogen and oxygen atoms in total. The minimum absolute atomic E-state index is 0.468. The third kappa shape index (κ3) is 5.64. The monoisotopic (exact) mass is 286 g/mol. The van der Waals surface area contributed by atoms with Crippen LogP contribution in [0.1, 0.15) is 32.6 Å². The molecule has 6 heteroatoms. The van der Waals surface area contributed by atoms with E-state index in [0.29, 0.717) is 28.7 Å². The number of hydrogen-bond acceptors (Lipinski definition) is 2. The maximum absolute atomic E-state index is 5.23. The topological polar surface area (TPSA) is 48.1 Å². The Labute approximate surface area is 120 Å². The van der Waals surface area contributed by atoms with Gasteiger partial charge in [0.25, 0.3) is 0 Å². The molecule has 1 aliphatic rings. The Bertz CT molecular complexity index is 306. The molecule has 4 N–H and O–H groups in total. The van der Waals surface area contributed by atoms with Crippen LogP contribution >= 0.6 is 24.4 Å². The molecule has 0 bridgehead atoms. The fourth-order valence-corrected chi connectivity index (χ4v) is 2.39. The van der Waals surface area contributed by atoms with Gasteiger partial charge in [-0.3, -0.25) is 10.9 Å². The summed E-state index contributed by atoms with van der Waals surface area (Å²) in [5.41, 5.74) is 5.73. The van der Waals surface area contributed by atoms with Gasteiger partial charge in [-0.25, -0.2) is 0 Å². The van der Waals surface area contributed by atoms with E-state index in [0.717, 1.165) is 0 Å². The number of thiocarbonyl (C=S) groups is 2. The quantitative estimate of drug-likeness (QED) is 0.359. The molecule has 0 aromatic heterocycles. The largest absolute Gasteiger partial charge is 0.358 e. The van der Waals surface area contributed by atoms with Gasteiger partial charge in [0.15, 0.2) is 10.2 Å². The first-order valence-corrected chi connectivity index (χ1v) is 7.16. The SMILES string of the molecule is C=CCNC(=S)NNC(=S)N[C@H]1CCCC[C@@H]1C. The normalized spacial score (nSPS) is 22.7. The van der Waals surface area contributed by atoms with Gasteiger partial charge in [0, 0.05) is 12.6 Å². The van der Waals surface area contributed by atoms with E-state index in [1.807, 2.05) is 0 Å². The molecule has 1 fully saturated rings. The summed E-state index contributed by atoms with van der Waals surface area (Å²) in [5.74, 6) is 0.671. The van der Waals surface area contributed by atoms with Gasteiger partial charge < -0.3 is 10.6 Å². The van der Waals surface area contributed by atoms with E-state index in [-0.39, 0.29) is 0 Å². The predicted molar refractivity (Wildman–Crippen MR) is 84.2 cm³/mol. The van der Waals surface area contributed by atoms with Crippen LogP contribution in [0.15, 0.2) is 12.7 Å². The summed E-state index contributed by atoms with van der Waals surface area (Å²) in [4.78, 5) is 0. The maximum Gasteiger partial charge on any atom is 0.185 e. The van der Waals surface area contributed by atoms with E-state index in [9.17, 15) is 0 Å². The minimum Gasteiger partial charge on any atom is -0.358 e. The second-order valence-electron chi connectivity index (χ2n) is 4.59. The lowest BCUT2D eigenvalue weighted by atomic mass is 9.86. The molecule has 18 heavy (non-hydrogen) atoms. The first-order valence-electron chi connectivity index (χ1n) is 6.34. The Morgan fingerprint density at radius 3 is 2.56 bits per heavy atom. The molecule has 0 aliphatic heterocycles. The van der Waals surface area contributed by atoms with Crippen molar-refractivity contribution < 1.29 is 0 Å². The van der Waals surface area contributed by atoms with E-state index < -0.39 is 0 Å². The highest BCUT2D eigenvalue weighted by atomic mass is 32.1. The van der Waals surface area contributed by atoms with Gasteiger partial charge in [0.05, 0.1) is 0 Å². The molecule has 0 aromatic rings. The first-order chi connectivity index (χ1) is 8.63. The van der Waals surface area contributed by atoms with Crippen LogP contribution in [-0.2, 0) is 0 Å². The van der Waals surface area contributed by atoms with E-state index >= 15 is 0 Å². The lowest BCUT2D eigenvalue weighted by Crippen LogP contribution is -2.53. The standard InChI is InChI=1S/C12H22N4S2/c1-3-8-13-11(17)15-16-12(18)14-10-7-5-4-6-9(10)2/h3,9-10H,1,4-8H2,2H3,(H2,13,15,17)(H2,14,16,18)/t9-,10-/m0/s1. The Morgan fingerprint density at radius 2 is 1.89 bits per heavy atom. The molecule has 0 spiro atoms. The van der Waals surface area contributed by atoms with Crippen LogP contribution in [0.5, 0.6) is 0 Å². The molecule has 2 atom stereocenters. The maximum atomic E-state index is 5.23.